The molecule has 0 aliphatic carbocycles. The minimum atomic E-state index is 0.0182. The summed E-state index contributed by atoms with van der Waals surface area (Å²) in [7, 11) is 1.86. The van der Waals surface area contributed by atoms with Gasteiger partial charge < -0.3 is 4.90 Å². The summed E-state index contributed by atoms with van der Waals surface area (Å²) in [4.78, 5) is 18.2. The molecule has 134 valence electrons. The van der Waals surface area contributed by atoms with Crippen LogP contribution < -0.4 is 0 Å². The van der Waals surface area contributed by atoms with E-state index in [4.69, 9.17) is 0 Å². The van der Waals surface area contributed by atoms with Crippen LogP contribution in [0.2, 0.25) is 0 Å². The molecule has 0 spiro atoms. The Morgan fingerprint density at radius 1 is 1.15 bits per heavy atom. The summed E-state index contributed by atoms with van der Waals surface area (Å²) in [6.45, 7) is 2.05. The van der Waals surface area contributed by atoms with Crippen molar-refractivity contribution < 1.29 is 4.79 Å². The van der Waals surface area contributed by atoms with Crippen LogP contribution in [0.4, 0.5) is 0 Å². The summed E-state index contributed by atoms with van der Waals surface area (Å²) in [5, 5.41) is 4.12. The van der Waals surface area contributed by atoms with E-state index in [1.165, 1.54) is 11.9 Å². The predicted molar refractivity (Wildman–Crippen MR) is 105 cm³/mol. The Labute approximate surface area is 158 Å². The third-order valence-corrected chi connectivity index (χ3v) is 5.36. The first kappa shape index (κ1) is 18.2. The summed E-state index contributed by atoms with van der Waals surface area (Å²) in [5.41, 5.74) is 3.29. The second-order valence-electron chi connectivity index (χ2n) is 6.09. The van der Waals surface area contributed by atoms with E-state index in [-0.39, 0.29) is 11.9 Å². The molecule has 0 aliphatic heterocycles. The molecule has 3 rings (SSSR count). The van der Waals surface area contributed by atoms with Gasteiger partial charge in [-0.1, -0.05) is 42.5 Å². The van der Waals surface area contributed by atoms with Gasteiger partial charge in [0.25, 0.3) is 0 Å². The van der Waals surface area contributed by atoms with Crippen molar-refractivity contribution in [2.45, 2.75) is 18.7 Å². The van der Waals surface area contributed by atoms with Crippen LogP contribution in [0.5, 0.6) is 0 Å². The SMILES string of the molecule is C[C@H](c1ccc(-n2cncn2)cc1)N(C)C(=O)CSCc1ccccc1. The number of aromatic nitrogens is 3. The number of benzene rings is 2. The van der Waals surface area contributed by atoms with E-state index in [0.29, 0.717) is 5.75 Å². The van der Waals surface area contributed by atoms with Crippen molar-refractivity contribution in [3.05, 3.63) is 78.4 Å². The van der Waals surface area contributed by atoms with E-state index in [1.54, 1.807) is 22.8 Å². The quantitative estimate of drug-likeness (QED) is 0.639. The molecule has 5 nitrogen and oxygen atoms in total. The average molecular weight is 366 g/mol. The molecule has 0 N–H and O–H groups in total. The van der Waals surface area contributed by atoms with E-state index in [9.17, 15) is 4.79 Å². The minimum absolute atomic E-state index is 0.0182. The molecule has 26 heavy (non-hydrogen) atoms. The highest BCUT2D eigenvalue weighted by molar-refractivity contribution is 7.99. The summed E-state index contributed by atoms with van der Waals surface area (Å²) < 4.78 is 1.71. The highest BCUT2D eigenvalue weighted by Gasteiger charge is 2.17. The van der Waals surface area contributed by atoms with Gasteiger partial charge in [0, 0.05) is 12.8 Å². The molecule has 6 heteroatoms. The van der Waals surface area contributed by atoms with Crippen molar-refractivity contribution in [2.75, 3.05) is 12.8 Å². The number of rotatable bonds is 7. The summed E-state index contributed by atoms with van der Waals surface area (Å²) in [6.07, 6.45) is 3.17. The van der Waals surface area contributed by atoms with Crippen molar-refractivity contribution in [3.8, 4) is 5.69 Å². The van der Waals surface area contributed by atoms with Gasteiger partial charge in [-0.05, 0) is 30.2 Å². The van der Waals surface area contributed by atoms with Crippen LogP contribution in [0.15, 0.2) is 67.3 Å². The molecular weight excluding hydrogens is 344 g/mol. The number of hydrogen-bond donors (Lipinski definition) is 0. The highest BCUT2D eigenvalue weighted by atomic mass is 32.2. The first-order valence-corrected chi connectivity index (χ1v) is 9.63. The van der Waals surface area contributed by atoms with E-state index in [2.05, 4.69) is 22.2 Å². The van der Waals surface area contributed by atoms with Crippen molar-refractivity contribution in [3.63, 3.8) is 0 Å². The third kappa shape index (κ3) is 4.52. The van der Waals surface area contributed by atoms with Gasteiger partial charge in [-0.2, -0.15) is 5.10 Å². The van der Waals surface area contributed by atoms with Gasteiger partial charge in [0.2, 0.25) is 5.91 Å². The van der Waals surface area contributed by atoms with E-state index in [0.717, 1.165) is 17.0 Å². The maximum Gasteiger partial charge on any atom is 0.232 e. The maximum absolute atomic E-state index is 12.5. The number of carbonyl (C=O) groups is 1. The predicted octanol–water partition coefficient (Wildman–Crippen LogP) is 3.72. The molecule has 0 saturated heterocycles. The summed E-state index contributed by atoms with van der Waals surface area (Å²) in [6, 6.07) is 18.3. The Morgan fingerprint density at radius 3 is 2.54 bits per heavy atom. The lowest BCUT2D eigenvalue weighted by Crippen LogP contribution is -2.31. The third-order valence-electron chi connectivity index (χ3n) is 4.37. The fourth-order valence-electron chi connectivity index (χ4n) is 2.62. The van der Waals surface area contributed by atoms with Gasteiger partial charge in [0.15, 0.2) is 0 Å². The van der Waals surface area contributed by atoms with Crippen LogP contribution in [-0.2, 0) is 10.5 Å². The molecule has 1 aromatic heterocycles. The van der Waals surface area contributed by atoms with Crippen LogP contribution in [-0.4, -0.2) is 38.4 Å². The molecule has 0 unspecified atom stereocenters. The fourth-order valence-corrected chi connectivity index (χ4v) is 3.53. The first-order valence-electron chi connectivity index (χ1n) is 8.47. The number of amides is 1. The number of nitrogens with zero attached hydrogens (tertiary/aromatic N) is 4. The Hall–Kier alpha value is -2.60. The Bertz CT molecular complexity index is 819. The standard InChI is InChI=1S/C20H22N4OS/c1-16(18-8-10-19(11-9-18)24-15-21-14-22-24)23(2)20(25)13-26-12-17-6-4-3-5-7-17/h3-11,14-16H,12-13H2,1-2H3/t16-/m1/s1. The van der Waals surface area contributed by atoms with E-state index in [1.807, 2.05) is 61.3 Å². The monoisotopic (exact) mass is 366 g/mol. The molecule has 1 heterocycles. The maximum atomic E-state index is 12.5. The van der Waals surface area contributed by atoms with Crippen molar-refractivity contribution in [1.82, 2.24) is 19.7 Å². The molecule has 0 bridgehead atoms. The number of carbonyl (C=O) groups excluding carboxylic acids is 1. The molecule has 1 amide bonds. The molecule has 0 fully saturated rings. The van der Waals surface area contributed by atoms with Crippen LogP contribution in [0.3, 0.4) is 0 Å². The first-order chi connectivity index (χ1) is 12.6. The smallest absolute Gasteiger partial charge is 0.232 e. The van der Waals surface area contributed by atoms with Gasteiger partial charge in [-0.25, -0.2) is 9.67 Å². The van der Waals surface area contributed by atoms with E-state index >= 15 is 0 Å². The van der Waals surface area contributed by atoms with Gasteiger partial charge in [-0.3, -0.25) is 4.79 Å². The molecule has 0 aliphatic rings. The van der Waals surface area contributed by atoms with Crippen LogP contribution in [0.1, 0.15) is 24.1 Å². The molecule has 1 atom stereocenters. The minimum Gasteiger partial charge on any atom is -0.338 e. The topological polar surface area (TPSA) is 51.0 Å². The van der Waals surface area contributed by atoms with E-state index < -0.39 is 0 Å². The molecule has 2 aromatic carbocycles. The lowest BCUT2D eigenvalue weighted by atomic mass is 10.1. The molecular formula is C20H22N4OS. The van der Waals surface area contributed by atoms with Crippen molar-refractivity contribution in [2.24, 2.45) is 0 Å². The molecule has 3 aromatic rings. The Morgan fingerprint density at radius 2 is 1.88 bits per heavy atom. The molecule has 0 radical (unpaired) electrons. The second kappa shape index (κ2) is 8.67. The largest absolute Gasteiger partial charge is 0.338 e. The number of hydrogen-bond acceptors (Lipinski definition) is 4. The zero-order valence-corrected chi connectivity index (χ0v) is 15.8. The van der Waals surface area contributed by atoms with Crippen LogP contribution >= 0.6 is 11.8 Å². The molecule has 0 saturated carbocycles. The second-order valence-corrected chi connectivity index (χ2v) is 7.08. The van der Waals surface area contributed by atoms with Gasteiger partial charge in [-0.15, -0.1) is 11.8 Å². The van der Waals surface area contributed by atoms with Crippen molar-refractivity contribution >= 4 is 17.7 Å². The van der Waals surface area contributed by atoms with Crippen molar-refractivity contribution in [1.29, 1.82) is 0 Å². The van der Waals surface area contributed by atoms with Crippen LogP contribution in [0.25, 0.3) is 5.69 Å². The normalized spacial score (nSPS) is 11.9. The highest BCUT2D eigenvalue weighted by Crippen LogP contribution is 2.21. The average Bonchev–Trinajstić information content (AvgIpc) is 3.22. The summed E-state index contributed by atoms with van der Waals surface area (Å²) >= 11 is 1.65. The Balaban J connectivity index is 1.54. The zero-order valence-electron chi connectivity index (χ0n) is 14.9. The van der Waals surface area contributed by atoms with Gasteiger partial charge in [0.05, 0.1) is 17.5 Å². The summed E-state index contributed by atoms with van der Waals surface area (Å²) in [5.74, 6) is 1.47. The number of thioether (sulfide) groups is 1. The zero-order chi connectivity index (χ0) is 18.4. The lowest BCUT2D eigenvalue weighted by Gasteiger charge is -2.25. The van der Waals surface area contributed by atoms with Gasteiger partial charge in [0.1, 0.15) is 12.7 Å². The van der Waals surface area contributed by atoms with Crippen LogP contribution in [0, 0.1) is 0 Å². The van der Waals surface area contributed by atoms with Gasteiger partial charge >= 0.3 is 0 Å². The Kier molecular flexibility index (Phi) is 6.07. The lowest BCUT2D eigenvalue weighted by molar-refractivity contribution is -0.128. The fraction of sp³-hybridized carbons (Fsp3) is 0.250.